The first kappa shape index (κ1) is 17.6. The number of carbonyl (C=O) groups is 2. The Labute approximate surface area is 129 Å². The van der Waals surface area contributed by atoms with Gasteiger partial charge in [0.1, 0.15) is 11.8 Å². The second-order valence-corrected chi connectivity index (χ2v) is 5.63. The standard InChI is InChI=1S/C14H22N2O4S/c1-3-19-14(18)12(15)6-8-21-10-13(17)16(2)9-11-5-4-7-20-11/h4-5,7,12H,3,6,8-10,15H2,1-2H3. The second kappa shape index (κ2) is 9.46. The summed E-state index contributed by atoms with van der Waals surface area (Å²) in [6, 6.07) is 3.00. The first-order valence-corrected chi connectivity index (χ1v) is 7.96. The molecule has 0 saturated heterocycles. The Balaban J connectivity index is 2.17. The zero-order chi connectivity index (χ0) is 15.7. The van der Waals surface area contributed by atoms with Crippen LogP contribution in [0.2, 0.25) is 0 Å². The fourth-order valence-corrected chi connectivity index (χ4v) is 2.53. The molecule has 1 atom stereocenters. The van der Waals surface area contributed by atoms with Gasteiger partial charge in [-0.25, -0.2) is 0 Å². The number of nitrogens with two attached hydrogens (primary N) is 1. The molecule has 7 heteroatoms. The third-order valence-electron chi connectivity index (χ3n) is 2.79. The molecule has 0 radical (unpaired) electrons. The van der Waals surface area contributed by atoms with Gasteiger partial charge in [-0.15, -0.1) is 0 Å². The fraction of sp³-hybridized carbons (Fsp3) is 0.571. The minimum atomic E-state index is -0.617. The average Bonchev–Trinajstić information content (AvgIpc) is 2.96. The van der Waals surface area contributed by atoms with Crippen molar-refractivity contribution in [1.82, 2.24) is 4.90 Å². The van der Waals surface area contributed by atoms with Crippen LogP contribution < -0.4 is 5.73 Å². The van der Waals surface area contributed by atoms with Crippen LogP contribution in [0.1, 0.15) is 19.1 Å². The average molecular weight is 314 g/mol. The Morgan fingerprint density at radius 3 is 2.90 bits per heavy atom. The van der Waals surface area contributed by atoms with Crippen LogP contribution in [0, 0.1) is 0 Å². The number of thioether (sulfide) groups is 1. The SMILES string of the molecule is CCOC(=O)C(N)CCSCC(=O)N(C)Cc1ccco1. The van der Waals surface area contributed by atoms with Gasteiger partial charge in [0.05, 0.1) is 25.2 Å². The number of furan rings is 1. The molecular formula is C14H22N2O4S. The third kappa shape index (κ3) is 6.68. The van der Waals surface area contributed by atoms with Crippen molar-refractivity contribution in [1.29, 1.82) is 0 Å². The van der Waals surface area contributed by atoms with E-state index in [0.29, 0.717) is 31.1 Å². The Kier molecular flexibility index (Phi) is 7.92. The van der Waals surface area contributed by atoms with Gasteiger partial charge in [0, 0.05) is 7.05 Å². The van der Waals surface area contributed by atoms with Crippen molar-refractivity contribution in [2.75, 3.05) is 25.2 Å². The van der Waals surface area contributed by atoms with Crippen LogP contribution in [0.5, 0.6) is 0 Å². The predicted octanol–water partition coefficient (Wildman–Crippen LogP) is 1.25. The van der Waals surface area contributed by atoms with Crippen molar-refractivity contribution >= 4 is 23.6 Å². The van der Waals surface area contributed by atoms with Gasteiger partial charge in [-0.05, 0) is 31.2 Å². The van der Waals surface area contributed by atoms with Gasteiger partial charge < -0.3 is 19.8 Å². The van der Waals surface area contributed by atoms with E-state index in [-0.39, 0.29) is 11.9 Å². The van der Waals surface area contributed by atoms with Gasteiger partial charge >= 0.3 is 5.97 Å². The summed E-state index contributed by atoms with van der Waals surface area (Å²) < 4.78 is 10.0. The van der Waals surface area contributed by atoms with Gasteiger partial charge in [0.15, 0.2) is 0 Å². The highest BCUT2D eigenvalue weighted by Crippen LogP contribution is 2.09. The summed E-state index contributed by atoms with van der Waals surface area (Å²) in [5, 5.41) is 0. The van der Waals surface area contributed by atoms with Crippen LogP contribution in [-0.2, 0) is 20.9 Å². The lowest BCUT2D eigenvalue weighted by Crippen LogP contribution is -2.33. The molecule has 1 rings (SSSR count). The van der Waals surface area contributed by atoms with Crippen LogP contribution >= 0.6 is 11.8 Å². The van der Waals surface area contributed by atoms with Crippen LogP contribution in [0.3, 0.4) is 0 Å². The highest BCUT2D eigenvalue weighted by Gasteiger charge is 2.15. The van der Waals surface area contributed by atoms with Gasteiger partial charge in [-0.1, -0.05) is 0 Å². The van der Waals surface area contributed by atoms with Crippen molar-refractivity contribution in [3.63, 3.8) is 0 Å². The molecule has 2 N–H and O–H groups in total. The number of amides is 1. The lowest BCUT2D eigenvalue weighted by molar-refractivity contribution is -0.144. The van der Waals surface area contributed by atoms with Crippen LogP contribution in [-0.4, -0.2) is 48.0 Å². The maximum Gasteiger partial charge on any atom is 0.322 e. The molecule has 0 fully saturated rings. The Bertz CT molecular complexity index is 436. The lowest BCUT2D eigenvalue weighted by Gasteiger charge is -2.15. The van der Waals surface area contributed by atoms with E-state index in [4.69, 9.17) is 14.9 Å². The minimum Gasteiger partial charge on any atom is -0.467 e. The minimum absolute atomic E-state index is 0.0149. The summed E-state index contributed by atoms with van der Waals surface area (Å²) in [6.07, 6.45) is 2.08. The fourth-order valence-electron chi connectivity index (χ4n) is 1.57. The number of carbonyl (C=O) groups excluding carboxylic acids is 2. The van der Waals surface area contributed by atoms with E-state index in [1.165, 1.54) is 11.8 Å². The predicted molar refractivity (Wildman–Crippen MR) is 81.7 cm³/mol. The highest BCUT2D eigenvalue weighted by molar-refractivity contribution is 7.99. The maximum atomic E-state index is 11.9. The Morgan fingerprint density at radius 1 is 1.52 bits per heavy atom. The van der Waals surface area contributed by atoms with E-state index < -0.39 is 6.04 Å². The van der Waals surface area contributed by atoms with Crippen molar-refractivity contribution in [3.05, 3.63) is 24.2 Å². The van der Waals surface area contributed by atoms with E-state index in [0.717, 1.165) is 5.76 Å². The molecule has 21 heavy (non-hydrogen) atoms. The molecule has 0 aromatic carbocycles. The van der Waals surface area contributed by atoms with Crippen molar-refractivity contribution in [3.8, 4) is 0 Å². The number of esters is 1. The van der Waals surface area contributed by atoms with E-state index >= 15 is 0 Å². The van der Waals surface area contributed by atoms with Crippen LogP contribution in [0.15, 0.2) is 22.8 Å². The summed E-state index contributed by atoms with van der Waals surface area (Å²) in [5.74, 6) is 1.37. The molecular weight excluding hydrogens is 292 g/mol. The molecule has 118 valence electrons. The maximum absolute atomic E-state index is 11.9. The van der Waals surface area contributed by atoms with Crippen LogP contribution in [0.4, 0.5) is 0 Å². The van der Waals surface area contributed by atoms with Gasteiger partial charge in [-0.3, -0.25) is 9.59 Å². The van der Waals surface area contributed by atoms with Crippen molar-refractivity contribution in [2.45, 2.75) is 25.9 Å². The Hall–Kier alpha value is -1.47. The van der Waals surface area contributed by atoms with Crippen molar-refractivity contribution < 1.29 is 18.7 Å². The molecule has 1 unspecified atom stereocenters. The monoisotopic (exact) mass is 314 g/mol. The first-order chi connectivity index (χ1) is 10.0. The molecule has 1 amide bonds. The summed E-state index contributed by atoms with van der Waals surface area (Å²) in [5.41, 5.74) is 5.67. The normalized spacial score (nSPS) is 12.0. The molecule has 0 aliphatic carbocycles. The van der Waals surface area contributed by atoms with E-state index in [9.17, 15) is 9.59 Å². The highest BCUT2D eigenvalue weighted by atomic mass is 32.2. The van der Waals surface area contributed by atoms with Gasteiger partial charge in [-0.2, -0.15) is 11.8 Å². The molecule has 0 spiro atoms. The van der Waals surface area contributed by atoms with Crippen LogP contribution in [0.25, 0.3) is 0 Å². The lowest BCUT2D eigenvalue weighted by atomic mass is 10.2. The molecule has 1 aromatic heterocycles. The summed E-state index contributed by atoms with van der Waals surface area (Å²) in [6.45, 7) is 2.53. The Morgan fingerprint density at radius 2 is 2.29 bits per heavy atom. The van der Waals surface area contributed by atoms with Gasteiger partial charge in [0.25, 0.3) is 0 Å². The smallest absolute Gasteiger partial charge is 0.322 e. The van der Waals surface area contributed by atoms with E-state index in [1.54, 1.807) is 31.2 Å². The van der Waals surface area contributed by atoms with E-state index in [1.807, 2.05) is 6.07 Å². The number of hydrogen-bond acceptors (Lipinski definition) is 6. The summed E-state index contributed by atoms with van der Waals surface area (Å²) in [4.78, 5) is 24.8. The van der Waals surface area contributed by atoms with Crippen molar-refractivity contribution in [2.24, 2.45) is 5.73 Å². The largest absolute Gasteiger partial charge is 0.467 e. The molecule has 6 nitrogen and oxygen atoms in total. The topological polar surface area (TPSA) is 85.8 Å². The zero-order valence-electron chi connectivity index (χ0n) is 12.4. The quantitative estimate of drug-likeness (QED) is 0.545. The molecule has 0 aliphatic rings. The van der Waals surface area contributed by atoms with E-state index in [2.05, 4.69) is 0 Å². The molecule has 0 saturated carbocycles. The first-order valence-electron chi connectivity index (χ1n) is 6.81. The number of hydrogen-bond donors (Lipinski definition) is 1. The summed E-state index contributed by atoms with van der Waals surface area (Å²) in [7, 11) is 1.73. The molecule has 1 aromatic rings. The van der Waals surface area contributed by atoms with Gasteiger partial charge in [0.2, 0.25) is 5.91 Å². The number of ether oxygens (including phenoxy) is 1. The second-order valence-electron chi connectivity index (χ2n) is 4.53. The number of nitrogens with zero attached hydrogens (tertiary/aromatic N) is 1. The molecule has 0 bridgehead atoms. The number of rotatable bonds is 9. The molecule has 1 heterocycles. The third-order valence-corrected chi connectivity index (χ3v) is 3.76. The summed E-state index contributed by atoms with van der Waals surface area (Å²) >= 11 is 1.46. The molecule has 0 aliphatic heterocycles. The zero-order valence-corrected chi connectivity index (χ0v) is 13.2.